The van der Waals surface area contributed by atoms with E-state index in [1.165, 1.54) is 17.4 Å². The Morgan fingerprint density at radius 3 is 2.84 bits per heavy atom. The number of benzene rings is 1. The predicted molar refractivity (Wildman–Crippen MR) is 93.0 cm³/mol. The van der Waals surface area contributed by atoms with Crippen molar-refractivity contribution in [1.29, 1.82) is 0 Å². The first-order chi connectivity index (χ1) is 11.9. The van der Waals surface area contributed by atoms with Crippen molar-refractivity contribution >= 4 is 37.7 Å². The number of hydrogen-bond acceptors (Lipinski definition) is 7. The largest absolute Gasteiger partial charge is 0.361 e. The van der Waals surface area contributed by atoms with E-state index in [2.05, 4.69) is 5.16 Å². The van der Waals surface area contributed by atoms with Crippen LogP contribution in [-0.2, 0) is 20.4 Å². The van der Waals surface area contributed by atoms with Crippen LogP contribution in [0.25, 0.3) is 10.1 Å². The van der Waals surface area contributed by atoms with E-state index < -0.39 is 21.6 Å². The maximum atomic E-state index is 12.6. The number of nitrogens with zero attached hydrogens (tertiary/aromatic N) is 2. The Bertz CT molecular complexity index is 993. The summed E-state index contributed by atoms with van der Waals surface area (Å²) >= 11 is 1.48. The second-order valence-corrected chi connectivity index (χ2v) is 8.70. The number of thiophene rings is 1. The minimum absolute atomic E-state index is 0.157. The second-order valence-electron chi connectivity index (χ2n) is 5.68. The number of aromatic nitrogens is 1. The van der Waals surface area contributed by atoms with Crippen LogP contribution in [0.2, 0.25) is 0 Å². The molecule has 0 fully saturated rings. The molecule has 132 valence electrons. The van der Waals surface area contributed by atoms with Gasteiger partial charge in [0.25, 0.3) is 0 Å². The highest BCUT2D eigenvalue weighted by molar-refractivity contribution is 7.90. The Labute approximate surface area is 148 Å². The molecule has 0 spiro atoms. The van der Waals surface area contributed by atoms with Crippen LogP contribution in [0.15, 0.2) is 40.2 Å². The van der Waals surface area contributed by atoms with Crippen LogP contribution in [0.1, 0.15) is 23.1 Å². The maximum absolute atomic E-state index is 12.6. The number of hydrogen-bond donors (Lipinski definition) is 1. The van der Waals surface area contributed by atoms with Crippen molar-refractivity contribution in [3.63, 3.8) is 0 Å². The molecule has 0 unspecified atom stereocenters. The molecule has 0 aliphatic carbocycles. The van der Waals surface area contributed by atoms with E-state index in [-0.39, 0.29) is 17.9 Å². The molecule has 3 rings (SSSR count). The molecule has 7 nitrogen and oxygen atoms in total. The molecule has 0 bridgehead atoms. The molecule has 2 heterocycles. The van der Waals surface area contributed by atoms with E-state index in [1.807, 2.05) is 29.6 Å². The lowest BCUT2D eigenvalue weighted by Crippen LogP contribution is -2.30. The molecule has 0 aliphatic heterocycles. The van der Waals surface area contributed by atoms with Crippen LogP contribution in [0, 0.1) is 6.92 Å². The molecule has 1 N–H and O–H groups in total. The highest BCUT2D eigenvalue weighted by Gasteiger charge is 2.28. The summed E-state index contributed by atoms with van der Waals surface area (Å²) in [7, 11) is -3.62. The summed E-state index contributed by atoms with van der Waals surface area (Å²) < 4.78 is 31.2. The molecule has 3 aromatic rings. The van der Waals surface area contributed by atoms with Crippen molar-refractivity contribution in [3.8, 4) is 0 Å². The lowest BCUT2D eigenvalue weighted by atomic mass is 10.2. The quantitative estimate of drug-likeness (QED) is 0.384. The summed E-state index contributed by atoms with van der Waals surface area (Å²) in [4.78, 5) is 10.9. The fourth-order valence-corrected chi connectivity index (χ4v) is 5.30. The number of rotatable bonds is 7. The van der Waals surface area contributed by atoms with Crippen molar-refractivity contribution in [1.82, 2.24) is 10.2 Å². The van der Waals surface area contributed by atoms with Gasteiger partial charge in [-0.1, -0.05) is 23.4 Å². The first kappa shape index (κ1) is 17.6. The van der Waals surface area contributed by atoms with Gasteiger partial charge in [-0.05, 0) is 29.3 Å². The number of sulfone groups is 1. The van der Waals surface area contributed by atoms with Crippen LogP contribution in [0.3, 0.4) is 0 Å². The van der Waals surface area contributed by atoms with Gasteiger partial charge in [0.15, 0.2) is 9.84 Å². The zero-order valence-corrected chi connectivity index (χ0v) is 15.0. The van der Waals surface area contributed by atoms with Crippen molar-refractivity contribution in [2.45, 2.75) is 18.7 Å². The molecular weight excluding hydrogens is 364 g/mol. The van der Waals surface area contributed by atoms with Crippen LogP contribution in [0.5, 0.6) is 0 Å². The van der Waals surface area contributed by atoms with Gasteiger partial charge in [0.2, 0.25) is 6.41 Å². The second kappa shape index (κ2) is 6.95. The Morgan fingerprint density at radius 2 is 2.16 bits per heavy atom. The molecule has 25 heavy (non-hydrogen) atoms. The highest BCUT2D eigenvalue weighted by Crippen LogP contribution is 2.28. The average molecular weight is 380 g/mol. The predicted octanol–water partition coefficient (Wildman–Crippen LogP) is 2.70. The molecule has 9 heteroatoms. The summed E-state index contributed by atoms with van der Waals surface area (Å²) in [5.41, 5.74) is 0.886. The molecule has 0 saturated heterocycles. The van der Waals surface area contributed by atoms with Crippen LogP contribution in [-0.4, -0.2) is 36.0 Å². The minimum Gasteiger partial charge on any atom is -0.361 e. The van der Waals surface area contributed by atoms with Crippen molar-refractivity contribution in [2.24, 2.45) is 0 Å². The summed E-state index contributed by atoms with van der Waals surface area (Å²) in [6, 6.07) is 7.93. The molecule has 1 atom stereocenters. The number of carbonyl (C=O) groups is 1. The van der Waals surface area contributed by atoms with E-state index in [0.29, 0.717) is 16.4 Å². The monoisotopic (exact) mass is 380 g/mol. The summed E-state index contributed by atoms with van der Waals surface area (Å²) in [6.07, 6.45) is 0.157. The number of amides is 1. The Hall–Kier alpha value is -2.23. The third kappa shape index (κ3) is 3.89. The van der Waals surface area contributed by atoms with Gasteiger partial charge in [0.1, 0.15) is 17.5 Å². The van der Waals surface area contributed by atoms with E-state index in [0.717, 1.165) is 10.1 Å². The molecule has 0 radical (unpaired) electrons. The highest BCUT2D eigenvalue weighted by atomic mass is 32.2. The van der Waals surface area contributed by atoms with Gasteiger partial charge >= 0.3 is 0 Å². The number of aryl methyl sites for hydroxylation is 1. The lowest BCUT2D eigenvalue weighted by molar-refractivity contribution is -0.159. The van der Waals surface area contributed by atoms with Gasteiger partial charge in [-0.15, -0.1) is 11.3 Å². The van der Waals surface area contributed by atoms with Gasteiger partial charge in [0.05, 0.1) is 11.5 Å². The van der Waals surface area contributed by atoms with Crippen LogP contribution in [0.4, 0.5) is 0 Å². The third-order valence-electron chi connectivity index (χ3n) is 3.76. The lowest BCUT2D eigenvalue weighted by Gasteiger charge is -2.20. The van der Waals surface area contributed by atoms with E-state index in [9.17, 15) is 18.4 Å². The molecule has 0 aliphatic rings. The topological polar surface area (TPSA) is 101 Å². The molecule has 0 saturated carbocycles. The molecule has 1 amide bonds. The SMILES string of the molecule is Cc1cc([C@@H](CS(=O)(=O)Cc2csc3ccccc23)N(O)C=O)no1. The van der Waals surface area contributed by atoms with Gasteiger partial charge in [-0.3, -0.25) is 10.0 Å². The molecule has 2 aromatic heterocycles. The third-order valence-corrected chi connectivity index (χ3v) is 6.35. The van der Waals surface area contributed by atoms with Gasteiger partial charge in [-0.2, -0.15) is 0 Å². The summed E-state index contributed by atoms with van der Waals surface area (Å²) in [5, 5.41) is 16.5. The summed E-state index contributed by atoms with van der Waals surface area (Å²) in [6.45, 7) is 1.64. The zero-order chi connectivity index (χ0) is 18.0. The molecular formula is C16H16N2O5S2. The smallest absolute Gasteiger partial charge is 0.233 e. The average Bonchev–Trinajstić information content (AvgIpc) is 3.18. The van der Waals surface area contributed by atoms with Crippen molar-refractivity contribution < 1.29 is 22.9 Å². The van der Waals surface area contributed by atoms with E-state index in [1.54, 1.807) is 6.92 Å². The minimum atomic E-state index is -3.62. The van der Waals surface area contributed by atoms with Crippen LogP contribution < -0.4 is 0 Å². The standard InChI is InChI=1S/C16H16N2O5S2/c1-11-6-14(17-23-11)15(18(20)10-19)9-25(21,22)8-12-7-24-16-5-3-2-4-13(12)16/h2-7,10,15,20H,8-9H2,1H3/t15-/m1/s1. The summed E-state index contributed by atoms with van der Waals surface area (Å²) in [5.74, 6) is -0.185. The maximum Gasteiger partial charge on any atom is 0.233 e. The van der Waals surface area contributed by atoms with Crippen molar-refractivity contribution in [2.75, 3.05) is 5.75 Å². The number of hydroxylamine groups is 2. The van der Waals surface area contributed by atoms with Gasteiger partial charge in [0, 0.05) is 10.8 Å². The van der Waals surface area contributed by atoms with E-state index >= 15 is 0 Å². The Kier molecular flexibility index (Phi) is 4.89. The van der Waals surface area contributed by atoms with Gasteiger partial charge in [-0.25, -0.2) is 13.5 Å². The van der Waals surface area contributed by atoms with Crippen LogP contribution >= 0.6 is 11.3 Å². The number of fused-ring (bicyclic) bond motifs is 1. The first-order valence-electron chi connectivity index (χ1n) is 7.41. The number of carbonyl (C=O) groups excluding carboxylic acids is 1. The fraction of sp³-hybridized carbons (Fsp3) is 0.250. The molecule has 1 aromatic carbocycles. The Balaban J connectivity index is 1.86. The van der Waals surface area contributed by atoms with E-state index in [4.69, 9.17) is 4.52 Å². The fourth-order valence-electron chi connectivity index (χ4n) is 2.59. The normalized spacial score (nSPS) is 13.0. The van der Waals surface area contributed by atoms with Gasteiger partial charge < -0.3 is 4.52 Å². The Morgan fingerprint density at radius 1 is 1.40 bits per heavy atom. The first-order valence-corrected chi connectivity index (χ1v) is 10.1. The zero-order valence-electron chi connectivity index (χ0n) is 13.3. The van der Waals surface area contributed by atoms with Crippen molar-refractivity contribution in [3.05, 3.63) is 52.7 Å².